The highest BCUT2D eigenvalue weighted by Gasteiger charge is 2.21. The number of carbonyl (C=O) groups excluding carboxylic acids is 1. The topological polar surface area (TPSA) is 50.2 Å². The zero-order valence-electron chi connectivity index (χ0n) is 12.9. The average Bonchev–Trinajstić information content (AvgIpc) is 2.65. The van der Waals surface area contributed by atoms with E-state index in [-0.39, 0.29) is 11.3 Å². The number of rotatable bonds is 5. The van der Waals surface area contributed by atoms with Crippen LogP contribution in [-0.2, 0) is 23.8 Å². The molecular formula is C14H26N4O. The zero-order valence-corrected chi connectivity index (χ0v) is 12.9. The summed E-state index contributed by atoms with van der Waals surface area (Å²) in [5.74, 6) is 0.148. The zero-order chi connectivity index (χ0) is 14.6. The maximum Gasteiger partial charge on any atom is 0.223 e. The van der Waals surface area contributed by atoms with Gasteiger partial charge in [-0.05, 0) is 0 Å². The standard InChI is InChI=1S/C14H26N4O/c1-14(2,3)13-11(10-18(6)16-13)9-15-8-7-12(19)17(4)5/h10,15H,7-9H2,1-6H3. The Balaban J connectivity index is 2.52. The van der Waals surface area contributed by atoms with Crippen LogP contribution >= 0.6 is 0 Å². The van der Waals surface area contributed by atoms with Crippen molar-refractivity contribution >= 4 is 5.91 Å². The van der Waals surface area contributed by atoms with Gasteiger partial charge in [-0.2, -0.15) is 5.10 Å². The predicted octanol–water partition coefficient (Wildman–Crippen LogP) is 1.29. The lowest BCUT2D eigenvalue weighted by Crippen LogP contribution is -2.27. The molecule has 0 saturated heterocycles. The second-order valence-corrected chi connectivity index (χ2v) is 6.14. The molecule has 1 aromatic heterocycles. The number of amides is 1. The first-order chi connectivity index (χ1) is 8.71. The summed E-state index contributed by atoms with van der Waals surface area (Å²) in [7, 11) is 5.50. The van der Waals surface area contributed by atoms with Gasteiger partial charge in [-0.15, -0.1) is 0 Å². The number of aryl methyl sites for hydroxylation is 1. The first kappa shape index (κ1) is 15.7. The molecule has 0 aliphatic heterocycles. The maximum atomic E-state index is 11.5. The fourth-order valence-corrected chi connectivity index (χ4v) is 1.94. The number of hydrogen-bond donors (Lipinski definition) is 1. The molecule has 1 amide bonds. The summed E-state index contributed by atoms with van der Waals surface area (Å²) in [6, 6.07) is 0. The first-order valence-corrected chi connectivity index (χ1v) is 6.65. The molecule has 0 atom stereocenters. The molecule has 5 nitrogen and oxygen atoms in total. The lowest BCUT2D eigenvalue weighted by atomic mass is 9.89. The van der Waals surface area contributed by atoms with E-state index in [1.165, 1.54) is 5.56 Å². The molecule has 0 spiro atoms. The van der Waals surface area contributed by atoms with E-state index in [2.05, 4.69) is 31.2 Å². The van der Waals surface area contributed by atoms with Crippen molar-refractivity contribution < 1.29 is 4.79 Å². The van der Waals surface area contributed by atoms with Gasteiger partial charge < -0.3 is 10.2 Å². The van der Waals surface area contributed by atoms with Gasteiger partial charge in [-0.3, -0.25) is 9.48 Å². The summed E-state index contributed by atoms with van der Waals surface area (Å²) in [6.07, 6.45) is 2.57. The highest BCUT2D eigenvalue weighted by atomic mass is 16.2. The fraction of sp³-hybridized carbons (Fsp3) is 0.714. The van der Waals surface area contributed by atoms with Gasteiger partial charge in [0.15, 0.2) is 0 Å². The number of nitrogens with zero attached hydrogens (tertiary/aromatic N) is 3. The minimum absolute atomic E-state index is 0.0394. The molecule has 1 N–H and O–H groups in total. The lowest BCUT2D eigenvalue weighted by molar-refractivity contribution is -0.128. The first-order valence-electron chi connectivity index (χ1n) is 6.65. The Hall–Kier alpha value is -1.36. The summed E-state index contributed by atoms with van der Waals surface area (Å²) in [6.45, 7) is 7.92. The van der Waals surface area contributed by atoms with Crippen LogP contribution in [0.4, 0.5) is 0 Å². The van der Waals surface area contributed by atoms with Crippen molar-refractivity contribution in [2.24, 2.45) is 7.05 Å². The lowest BCUT2D eigenvalue weighted by Gasteiger charge is -2.17. The minimum Gasteiger partial charge on any atom is -0.349 e. The summed E-state index contributed by atoms with van der Waals surface area (Å²) in [4.78, 5) is 13.1. The van der Waals surface area contributed by atoms with Gasteiger partial charge in [-0.25, -0.2) is 0 Å². The van der Waals surface area contributed by atoms with E-state index in [4.69, 9.17) is 0 Å². The number of nitrogens with one attached hydrogen (secondary N) is 1. The molecule has 1 rings (SSSR count). The molecule has 0 radical (unpaired) electrons. The molecule has 0 saturated carbocycles. The highest BCUT2D eigenvalue weighted by molar-refractivity contribution is 5.75. The normalized spacial score (nSPS) is 11.7. The van der Waals surface area contributed by atoms with Crippen LogP contribution in [0.3, 0.4) is 0 Å². The molecule has 1 aromatic rings. The minimum atomic E-state index is 0.0394. The third-order valence-electron chi connectivity index (χ3n) is 2.94. The van der Waals surface area contributed by atoms with Crippen molar-refractivity contribution in [2.45, 2.75) is 39.2 Å². The van der Waals surface area contributed by atoms with Crippen molar-refractivity contribution in [3.63, 3.8) is 0 Å². The summed E-state index contributed by atoms with van der Waals surface area (Å²) in [5.41, 5.74) is 2.35. The number of aromatic nitrogens is 2. The van der Waals surface area contributed by atoms with E-state index in [1.54, 1.807) is 19.0 Å². The van der Waals surface area contributed by atoms with Crippen LogP contribution in [0.15, 0.2) is 6.20 Å². The molecular weight excluding hydrogens is 240 g/mol. The molecule has 0 bridgehead atoms. The second-order valence-electron chi connectivity index (χ2n) is 6.14. The van der Waals surface area contributed by atoms with Gasteiger partial charge in [0.25, 0.3) is 0 Å². The molecule has 0 aliphatic rings. The summed E-state index contributed by atoms with van der Waals surface area (Å²) < 4.78 is 1.85. The number of carbonyl (C=O) groups is 1. The third kappa shape index (κ3) is 4.67. The Labute approximate surface area is 116 Å². The van der Waals surface area contributed by atoms with Crippen molar-refractivity contribution in [3.8, 4) is 0 Å². The van der Waals surface area contributed by atoms with Crippen molar-refractivity contribution in [3.05, 3.63) is 17.5 Å². The van der Waals surface area contributed by atoms with Crippen LogP contribution in [0.25, 0.3) is 0 Å². The van der Waals surface area contributed by atoms with Gasteiger partial charge in [0.2, 0.25) is 5.91 Å². The van der Waals surface area contributed by atoms with Gasteiger partial charge >= 0.3 is 0 Å². The predicted molar refractivity (Wildman–Crippen MR) is 76.9 cm³/mol. The SMILES string of the molecule is CN(C)C(=O)CCNCc1cn(C)nc1C(C)(C)C. The van der Waals surface area contributed by atoms with Gasteiger partial charge in [0.05, 0.1) is 5.69 Å². The van der Waals surface area contributed by atoms with E-state index < -0.39 is 0 Å². The van der Waals surface area contributed by atoms with Crippen molar-refractivity contribution in [2.75, 3.05) is 20.6 Å². The van der Waals surface area contributed by atoms with Crippen LogP contribution in [-0.4, -0.2) is 41.2 Å². The summed E-state index contributed by atoms with van der Waals surface area (Å²) in [5, 5.41) is 7.84. The Morgan fingerprint density at radius 1 is 1.42 bits per heavy atom. The van der Waals surface area contributed by atoms with E-state index in [0.29, 0.717) is 13.0 Å². The Bertz CT molecular complexity index is 429. The quantitative estimate of drug-likeness (QED) is 0.817. The number of hydrogen-bond acceptors (Lipinski definition) is 3. The molecule has 108 valence electrons. The molecule has 0 fully saturated rings. The van der Waals surface area contributed by atoms with Crippen LogP contribution < -0.4 is 5.32 Å². The molecule has 0 aliphatic carbocycles. The Kier molecular flexibility index (Phi) is 5.11. The highest BCUT2D eigenvalue weighted by Crippen LogP contribution is 2.23. The second kappa shape index (κ2) is 6.19. The Morgan fingerprint density at radius 2 is 2.05 bits per heavy atom. The van der Waals surface area contributed by atoms with Crippen LogP contribution in [0.5, 0.6) is 0 Å². The fourth-order valence-electron chi connectivity index (χ4n) is 1.94. The van der Waals surface area contributed by atoms with E-state index in [1.807, 2.05) is 17.9 Å². The average molecular weight is 266 g/mol. The molecule has 1 heterocycles. The molecule has 0 aromatic carbocycles. The van der Waals surface area contributed by atoms with Crippen LogP contribution in [0, 0.1) is 0 Å². The molecule has 19 heavy (non-hydrogen) atoms. The summed E-state index contributed by atoms with van der Waals surface area (Å²) >= 11 is 0. The monoisotopic (exact) mass is 266 g/mol. The maximum absolute atomic E-state index is 11.5. The van der Waals surface area contributed by atoms with E-state index in [0.717, 1.165) is 12.2 Å². The van der Waals surface area contributed by atoms with Crippen molar-refractivity contribution in [1.29, 1.82) is 0 Å². The van der Waals surface area contributed by atoms with Crippen LogP contribution in [0.1, 0.15) is 38.4 Å². The molecule has 0 unspecified atom stereocenters. The van der Waals surface area contributed by atoms with Gasteiger partial charge in [0, 0.05) is 57.8 Å². The smallest absolute Gasteiger partial charge is 0.223 e. The molecule has 5 heteroatoms. The largest absolute Gasteiger partial charge is 0.349 e. The van der Waals surface area contributed by atoms with Crippen LogP contribution in [0.2, 0.25) is 0 Å². The third-order valence-corrected chi connectivity index (χ3v) is 2.94. The Morgan fingerprint density at radius 3 is 2.58 bits per heavy atom. The van der Waals surface area contributed by atoms with Crippen molar-refractivity contribution in [1.82, 2.24) is 20.0 Å². The van der Waals surface area contributed by atoms with E-state index in [9.17, 15) is 4.79 Å². The van der Waals surface area contributed by atoms with Gasteiger partial charge in [0.1, 0.15) is 0 Å². The van der Waals surface area contributed by atoms with Gasteiger partial charge in [-0.1, -0.05) is 20.8 Å². The van der Waals surface area contributed by atoms with E-state index >= 15 is 0 Å².